The molecule has 5 heteroatoms. The van der Waals surface area contributed by atoms with Crippen molar-refractivity contribution in [1.82, 2.24) is 10.2 Å². The monoisotopic (exact) mass is 282 g/mol. The van der Waals surface area contributed by atoms with Crippen molar-refractivity contribution in [2.75, 3.05) is 20.1 Å². The Bertz CT molecular complexity index is 479. The van der Waals surface area contributed by atoms with E-state index in [0.29, 0.717) is 10.9 Å². The average molecular weight is 283 g/mol. The van der Waals surface area contributed by atoms with Crippen LogP contribution in [-0.2, 0) is 0 Å². The number of nitrogens with one attached hydrogen (secondary N) is 1. The third kappa shape index (κ3) is 3.39. The predicted molar refractivity (Wildman–Crippen MR) is 75.6 cm³/mol. The maximum absolute atomic E-state index is 12.1. The molecule has 1 aromatic carbocycles. The number of phenols is 1. The Kier molecular flexibility index (Phi) is 4.32. The van der Waals surface area contributed by atoms with Crippen molar-refractivity contribution in [3.05, 3.63) is 28.8 Å². The Morgan fingerprint density at radius 3 is 2.89 bits per heavy atom. The van der Waals surface area contributed by atoms with Gasteiger partial charge in [0.25, 0.3) is 5.91 Å². The fourth-order valence-electron chi connectivity index (χ4n) is 2.51. The highest BCUT2D eigenvalue weighted by Gasteiger charge is 2.26. The molecule has 1 aliphatic rings. The predicted octanol–water partition coefficient (Wildman–Crippen LogP) is 2.12. The van der Waals surface area contributed by atoms with Crippen LogP contribution in [0.2, 0.25) is 5.02 Å². The highest BCUT2D eigenvalue weighted by atomic mass is 35.5. The molecule has 0 bridgehead atoms. The van der Waals surface area contributed by atoms with E-state index in [9.17, 15) is 9.90 Å². The van der Waals surface area contributed by atoms with Crippen molar-refractivity contribution in [1.29, 1.82) is 0 Å². The van der Waals surface area contributed by atoms with Gasteiger partial charge in [-0.25, -0.2) is 0 Å². The molecule has 1 saturated heterocycles. The maximum Gasteiger partial charge on any atom is 0.255 e. The van der Waals surface area contributed by atoms with Crippen LogP contribution in [0.5, 0.6) is 5.75 Å². The smallest absolute Gasteiger partial charge is 0.255 e. The molecule has 2 rings (SSSR count). The standard InChI is InChI=1S/C14H19ClN2O2/c1-9-8-17(2)6-5-12(9)16-14(19)11-4-3-10(15)7-13(11)18/h3-4,7,9,12,18H,5-6,8H2,1-2H3,(H,16,19). The van der Waals surface area contributed by atoms with Crippen LogP contribution in [-0.4, -0.2) is 42.1 Å². The quantitative estimate of drug-likeness (QED) is 0.874. The molecule has 104 valence electrons. The summed E-state index contributed by atoms with van der Waals surface area (Å²) in [5.41, 5.74) is 0.274. The lowest BCUT2D eigenvalue weighted by atomic mass is 9.94. The molecule has 2 N–H and O–H groups in total. The highest BCUT2D eigenvalue weighted by molar-refractivity contribution is 6.30. The van der Waals surface area contributed by atoms with Gasteiger partial charge in [0.05, 0.1) is 5.56 Å². The zero-order chi connectivity index (χ0) is 14.0. The normalized spacial score (nSPS) is 24.2. The summed E-state index contributed by atoms with van der Waals surface area (Å²) in [5, 5.41) is 13.2. The maximum atomic E-state index is 12.1. The lowest BCUT2D eigenvalue weighted by Crippen LogP contribution is -2.48. The fourth-order valence-corrected chi connectivity index (χ4v) is 2.68. The van der Waals surface area contributed by atoms with Gasteiger partial charge in [-0.1, -0.05) is 18.5 Å². The molecule has 4 nitrogen and oxygen atoms in total. The van der Waals surface area contributed by atoms with E-state index >= 15 is 0 Å². The molecule has 1 heterocycles. The Morgan fingerprint density at radius 1 is 1.53 bits per heavy atom. The third-order valence-electron chi connectivity index (χ3n) is 3.63. The number of halogens is 1. The summed E-state index contributed by atoms with van der Waals surface area (Å²) in [4.78, 5) is 14.4. The van der Waals surface area contributed by atoms with E-state index in [2.05, 4.69) is 24.2 Å². The first kappa shape index (κ1) is 14.2. The molecule has 1 amide bonds. The molecular weight excluding hydrogens is 264 g/mol. The summed E-state index contributed by atoms with van der Waals surface area (Å²) in [7, 11) is 2.08. The summed E-state index contributed by atoms with van der Waals surface area (Å²) in [6.45, 7) is 4.07. The fraction of sp³-hybridized carbons (Fsp3) is 0.500. The molecule has 1 fully saturated rings. The van der Waals surface area contributed by atoms with Crippen LogP contribution in [0.1, 0.15) is 23.7 Å². The summed E-state index contributed by atoms with van der Waals surface area (Å²) in [6, 6.07) is 4.69. The first-order chi connectivity index (χ1) is 8.97. The van der Waals surface area contributed by atoms with E-state index < -0.39 is 0 Å². The lowest BCUT2D eigenvalue weighted by molar-refractivity contribution is 0.0881. The number of piperidine rings is 1. The number of benzene rings is 1. The van der Waals surface area contributed by atoms with E-state index in [1.54, 1.807) is 12.1 Å². The van der Waals surface area contributed by atoms with E-state index in [0.717, 1.165) is 19.5 Å². The first-order valence-corrected chi connectivity index (χ1v) is 6.83. The molecule has 0 saturated carbocycles. The van der Waals surface area contributed by atoms with E-state index in [1.165, 1.54) is 6.07 Å². The molecule has 2 atom stereocenters. The summed E-state index contributed by atoms with van der Waals surface area (Å²) in [6.07, 6.45) is 0.928. The van der Waals surface area contributed by atoms with Crippen molar-refractivity contribution < 1.29 is 9.90 Å². The van der Waals surface area contributed by atoms with Crippen LogP contribution in [0.3, 0.4) is 0 Å². The number of carbonyl (C=O) groups is 1. The number of aromatic hydroxyl groups is 1. The molecule has 0 spiro atoms. The van der Waals surface area contributed by atoms with Crippen LogP contribution >= 0.6 is 11.6 Å². The van der Waals surface area contributed by atoms with Crippen molar-refractivity contribution in [3.8, 4) is 5.75 Å². The van der Waals surface area contributed by atoms with Crippen molar-refractivity contribution in [2.45, 2.75) is 19.4 Å². The van der Waals surface area contributed by atoms with Gasteiger partial charge in [0.1, 0.15) is 5.75 Å². The Hall–Kier alpha value is -1.26. The molecule has 1 aromatic rings. The topological polar surface area (TPSA) is 52.6 Å². The van der Waals surface area contributed by atoms with Crippen LogP contribution in [0.25, 0.3) is 0 Å². The number of phenolic OH excluding ortho intramolecular Hbond substituents is 1. The number of likely N-dealkylation sites (tertiary alicyclic amines) is 1. The summed E-state index contributed by atoms with van der Waals surface area (Å²) < 4.78 is 0. The second-order valence-corrected chi connectivity index (χ2v) is 5.71. The van der Waals surface area contributed by atoms with Gasteiger partial charge in [0.2, 0.25) is 0 Å². The second kappa shape index (κ2) is 5.80. The van der Waals surface area contributed by atoms with Gasteiger partial charge in [0.15, 0.2) is 0 Å². The van der Waals surface area contributed by atoms with Crippen LogP contribution in [0.15, 0.2) is 18.2 Å². The van der Waals surface area contributed by atoms with Crippen LogP contribution < -0.4 is 5.32 Å². The number of rotatable bonds is 2. The van der Waals surface area contributed by atoms with E-state index in [-0.39, 0.29) is 23.3 Å². The van der Waals surface area contributed by atoms with Crippen LogP contribution in [0, 0.1) is 5.92 Å². The third-order valence-corrected chi connectivity index (χ3v) is 3.86. The van der Waals surface area contributed by atoms with Crippen molar-refractivity contribution >= 4 is 17.5 Å². The summed E-state index contributed by atoms with van der Waals surface area (Å²) in [5.74, 6) is 0.0818. The number of nitrogens with zero attached hydrogens (tertiary/aromatic N) is 1. The van der Waals surface area contributed by atoms with Gasteiger partial charge in [-0.15, -0.1) is 0 Å². The molecule has 0 radical (unpaired) electrons. The van der Waals surface area contributed by atoms with E-state index in [4.69, 9.17) is 11.6 Å². The largest absolute Gasteiger partial charge is 0.507 e. The van der Waals surface area contributed by atoms with Gasteiger partial charge in [-0.3, -0.25) is 4.79 Å². The van der Waals surface area contributed by atoms with Gasteiger partial charge in [0, 0.05) is 17.6 Å². The zero-order valence-corrected chi connectivity index (χ0v) is 11.9. The molecule has 19 heavy (non-hydrogen) atoms. The Labute approximate surface area is 118 Å². The van der Waals surface area contributed by atoms with Crippen molar-refractivity contribution in [2.24, 2.45) is 5.92 Å². The van der Waals surface area contributed by atoms with E-state index in [1.807, 2.05) is 0 Å². The van der Waals surface area contributed by atoms with Crippen LogP contribution in [0.4, 0.5) is 0 Å². The van der Waals surface area contributed by atoms with Crippen molar-refractivity contribution in [3.63, 3.8) is 0 Å². The molecule has 0 aromatic heterocycles. The van der Waals surface area contributed by atoms with Gasteiger partial charge < -0.3 is 15.3 Å². The lowest BCUT2D eigenvalue weighted by Gasteiger charge is -2.35. The number of amides is 1. The Balaban J connectivity index is 2.04. The second-order valence-electron chi connectivity index (χ2n) is 5.27. The molecular formula is C14H19ClN2O2. The SMILES string of the molecule is CC1CN(C)CCC1NC(=O)c1ccc(Cl)cc1O. The Morgan fingerprint density at radius 2 is 2.26 bits per heavy atom. The number of hydrogen-bond donors (Lipinski definition) is 2. The molecule has 0 aliphatic carbocycles. The molecule has 2 unspecified atom stereocenters. The molecule has 1 aliphatic heterocycles. The minimum atomic E-state index is -0.240. The number of hydrogen-bond acceptors (Lipinski definition) is 3. The van der Waals surface area contributed by atoms with Gasteiger partial charge in [-0.2, -0.15) is 0 Å². The van der Waals surface area contributed by atoms with Gasteiger partial charge >= 0.3 is 0 Å². The minimum absolute atomic E-state index is 0.0782. The van der Waals surface area contributed by atoms with Gasteiger partial charge in [-0.05, 0) is 44.1 Å². The zero-order valence-electron chi connectivity index (χ0n) is 11.2. The first-order valence-electron chi connectivity index (χ1n) is 6.45. The average Bonchev–Trinajstić information content (AvgIpc) is 2.32. The minimum Gasteiger partial charge on any atom is -0.507 e. The highest BCUT2D eigenvalue weighted by Crippen LogP contribution is 2.23. The number of carbonyl (C=O) groups excluding carboxylic acids is 1. The summed E-state index contributed by atoms with van der Waals surface area (Å²) >= 11 is 5.76.